The number of unbranched alkanes of at least 4 members (excludes halogenated alkanes) is 23. The van der Waals surface area contributed by atoms with Crippen molar-refractivity contribution in [2.24, 2.45) is 0 Å². The van der Waals surface area contributed by atoms with E-state index in [-0.39, 0.29) is 19.4 Å². The second kappa shape index (κ2) is 34.3. The molecule has 12 nitrogen and oxygen atoms in total. The molecule has 6 atom stereocenters. The van der Waals surface area contributed by atoms with E-state index in [9.17, 15) is 37.9 Å². The van der Waals surface area contributed by atoms with Crippen molar-refractivity contribution in [3.05, 3.63) is 12.2 Å². The highest BCUT2D eigenvalue weighted by Gasteiger charge is 2.46. The summed E-state index contributed by atoms with van der Waals surface area (Å²) in [5, 5.41) is 30.8. The Labute approximate surface area is 339 Å². The highest BCUT2D eigenvalue weighted by atomic mass is 32.2. The van der Waals surface area contributed by atoms with E-state index < -0.39 is 71.2 Å². The van der Waals surface area contributed by atoms with Crippen molar-refractivity contribution < 1.29 is 56.8 Å². The zero-order chi connectivity index (χ0) is 41.3. The van der Waals surface area contributed by atoms with Gasteiger partial charge in [-0.05, 0) is 38.5 Å². The van der Waals surface area contributed by atoms with Gasteiger partial charge in [-0.2, -0.15) is 8.42 Å². The Morgan fingerprint density at radius 1 is 0.589 bits per heavy atom. The molecule has 1 aliphatic heterocycles. The normalized spacial score (nSPS) is 20.7. The standard InChI is InChI=1S/C43H80O12S/c1-3-5-7-9-11-13-14-15-16-17-18-19-20-21-22-24-26-28-30-32-39(45)54-36(33-52-38(44)31-29-27-25-23-12-10-8-6-4-2)34-53-43-42(48)41(47)40(46)37(55-43)35-56(49,50)51/h15-16,36-37,40-43,46-48H,3-14,17-35H2,1-2H3,(H,49,50,51)/b16-15+/t36-,37-,40-,41?,42?,43+/m1/s1. The first kappa shape index (κ1) is 52.4. The van der Waals surface area contributed by atoms with Gasteiger partial charge in [0, 0.05) is 12.8 Å². The molecular formula is C43H80O12S. The molecule has 1 saturated heterocycles. The predicted octanol–water partition coefficient (Wildman–Crippen LogP) is 8.67. The summed E-state index contributed by atoms with van der Waals surface area (Å²) in [5.74, 6) is -1.98. The molecular weight excluding hydrogens is 741 g/mol. The van der Waals surface area contributed by atoms with Gasteiger partial charge in [0.15, 0.2) is 12.4 Å². The molecule has 56 heavy (non-hydrogen) atoms. The lowest BCUT2D eigenvalue weighted by Gasteiger charge is -2.40. The van der Waals surface area contributed by atoms with Gasteiger partial charge in [0.1, 0.15) is 36.8 Å². The van der Waals surface area contributed by atoms with Gasteiger partial charge in [-0.3, -0.25) is 14.1 Å². The second-order valence-electron chi connectivity index (χ2n) is 15.7. The number of carbonyl (C=O) groups is 2. The molecule has 1 rings (SSSR count). The van der Waals surface area contributed by atoms with E-state index in [1.54, 1.807) is 0 Å². The molecule has 0 aromatic carbocycles. The minimum Gasteiger partial charge on any atom is -0.462 e. The molecule has 0 radical (unpaired) electrons. The van der Waals surface area contributed by atoms with E-state index >= 15 is 0 Å². The van der Waals surface area contributed by atoms with Crippen LogP contribution in [-0.2, 0) is 38.7 Å². The first-order chi connectivity index (χ1) is 27.0. The van der Waals surface area contributed by atoms with Crippen LogP contribution < -0.4 is 0 Å². The SMILES string of the molecule is CCCCCCCC/C=C/CCCCCCCCCCCC(=O)O[C@H](COC(=O)CCCCCCCCCCC)CO[C@H]1O[C@H](CS(=O)(=O)O)[C@@H](O)C(O)C1O. The fourth-order valence-electron chi connectivity index (χ4n) is 6.85. The maximum atomic E-state index is 12.8. The number of esters is 2. The molecule has 13 heteroatoms. The van der Waals surface area contributed by atoms with Crippen LogP contribution in [0.1, 0.15) is 194 Å². The zero-order valence-electron chi connectivity index (χ0n) is 35.0. The van der Waals surface area contributed by atoms with Crippen molar-refractivity contribution in [1.29, 1.82) is 0 Å². The van der Waals surface area contributed by atoms with Crippen molar-refractivity contribution in [3.8, 4) is 0 Å². The van der Waals surface area contributed by atoms with E-state index in [2.05, 4.69) is 26.0 Å². The lowest BCUT2D eigenvalue weighted by molar-refractivity contribution is -0.297. The van der Waals surface area contributed by atoms with Crippen molar-refractivity contribution in [2.75, 3.05) is 19.0 Å². The molecule has 0 spiro atoms. The van der Waals surface area contributed by atoms with Crippen LogP contribution in [0.5, 0.6) is 0 Å². The quantitative estimate of drug-likeness (QED) is 0.0203. The maximum absolute atomic E-state index is 12.8. The van der Waals surface area contributed by atoms with Gasteiger partial charge in [0.2, 0.25) is 0 Å². The molecule has 330 valence electrons. The molecule has 1 heterocycles. The Bertz CT molecular complexity index is 1100. The summed E-state index contributed by atoms with van der Waals surface area (Å²) < 4.78 is 53.9. The van der Waals surface area contributed by atoms with Crippen LogP contribution >= 0.6 is 0 Å². The maximum Gasteiger partial charge on any atom is 0.306 e. The number of ether oxygens (including phenoxy) is 4. The van der Waals surface area contributed by atoms with Crippen molar-refractivity contribution >= 4 is 22.1 Å². The minimum atomic E-state index is -4.60. The topological polar surface area (TPSA) is 186 Å². The number of allylic oxidation sites excluding steroid dienone is 2. The average Bonchev–Trinajstić information content (AvgIpc) is 3.16. The van der Waals surface area contributed by atoms with Crippen LogP contribution in [0.4, 0.5) is 0 Å². The van der Waals surface area contributed by atoms with Gasteiger partial charge in [-0.15, -0.1) is 0 Å². The third-order valence-electron chi connectivity index (χ3n) is 10.3. The number of hydrogen-bond donors (Lipinski definition) is 4. The summed E-state index contributed by atoms with van der Waals surface area (Å²) in [5.41, 5.74) is 0. The fourth-order valence-corrected chi connectivity index (χ4v) is 7.54. The second-order valence-corrected chi connectivity index (χ2v) is 17.2. The van der Waals surface area contributed by atoms with Crippen molar-refractivity contribution in [2.45, 2.75) is 230 Å². The Kier molecular flexibility index (Phi) is 32.1. The smallest absolute Gasteiger partial charge is 0.306 e. The van der Waals surface area contributed by atoms with Crippen LogP contribution in [0.25, 0.3) is 0 Å². The first-order valence-corrected chi connectivity index (χ1v) is 23.9. The van der Waals surface area contributed by atoms with E-state index in [0.29, 0.717) is 12.8 Å². The summed E-state index contributed by atoms with van der Waals surface area (Å²) in [4.78, 5) is 25.3. The lowest BCUT2D eigenvalue weighted by atomic mass is 10.00. The fraction of sp³-hybridized carbons (Fsp3) is 0.907. The van der Waals surface area contributed by atoms with E-state index in [4.69, 9.17) is 18.9 Å². The summed E-state index contributed by atoms with van der Waals surface area (Å²) in [6.45, 7) is 3.73. The van der Waals surface area contributed by atoms with Crippen LogP contribution in [0.15, 0.2) is 12.2 Å². The molecule has 1 aliphatic rings. The van der Waals surface area contributed by atoms with Crippen molar-refractivity contribution in [1.82, 2.24) is 0 Å². The van der Waals surface area contributed by atoms with Gasteiger partial charge >= 0.3 is 11.9 Å². The molecule has 0 bridgehead atoms. The molecule has 0 amide bonds. The molecule has 0 aromatic rings. The van der Waals surface area contributed by atoms with Gasteiger partial charge in [-0.25, -0.2) is 0 Å². The van der Waals surface area contributed by atoms with Crippen LogP contribution in [0.3, 0.4) is 0 Å². The molecule has 0 saturated carbocycles. The summed E-state index contributed by atoms with van der Waals surface area (Å²) in [6, 6.07) is 0. The van der Waals surface area contributed by atoms with Gasteiger partial charge < -0.3 is 34.3 Å². The summed E-state index contributed by atoms with van der Waals surface area (Å²) in [7, 11) is -4.60. The Morgan fingerprint density at radius 3 is 1.48 bits per heavy atom. The van der Waals surface area contributed by atoms with Crippen LogP contribution in [-0.4, -0.2) is 96.0 Å². The minimum absolute atomic E-state index is 0.166. The zero-order valence-corrected chi connectivity index (χ0v) is 35.8. The number of hydrogen-bond acceptors (Lipinski definition) is 11. The van der Waals surface area contributed by atoms with Gasteiger partial charge in [0.05, 0.1) is 6.61 Å². The predicted molar refractivity (Wildman–Crippen MR) is 220 cm³/mol. The van der Waals surface area contributed by atoms with Crippen LogP contribution in [0.2, 0.25) is 0 Å². The number of carbonyl (C=O) groups excluding carboxylic acids is 2. The third-order valence-corrected chi connectivity index (χ3v) is 11.1. The van der Waals surface area contributed by atoms with Gasteiger partial charge in [0.25, 0.3) is 10.1 Å². The molecule has 4 N–H and O–H groups in total. The average molecular weight is 821 g/mol. The number of rotatable bonds is 37. The molecule has 1 fully saturated rings. The highest BCUT2D eigenvalue weighted by Crippen LogP contribution is 2.24. The largest absolute Gasteiger partial charge is 0.462 e. The van der Waals surface area contributed by atoms with E-state index in [1.165, 1.54) is 116 Å². The van der Waals surface area contributed by atoms with Crippen molar-refractivity contribution in [3.63, 3.8) is 0 Å². The number of aliphatic hydroxyl groups is 3. The highest BCUT2D eigenvalue weighted by molar-refractivity contribution is 7.85. The summed E-state index contributed by atoms with van der Waals surface area (Å²) >= 11 is 0. The lowest BCUT2D eigenvalue weighted by Crippen LogP contribution is -2.60. The Morgan fingerprint density at radius 2 is 1.02 bits per heavy atom. The first-order valence-electron chi connectivity index (χ1n) is 22.2. The Hall–Kier alpha value is -1.61. The van der Waals surface area contributed by atoms with E-state index in [1.807, 2.05) is 0 Å². The molecule has 2 unspecified atom stereocenters. The van der Waals surface area contributed by atoms with Crippen LogP contribution in [0, 0.1) is 0 Å². The van der Waals surface area contributed by atoms with E-state index in [0.717, 1.165) is 38.5 Å². The summed E-state index contributed by atoms with van der Waals surface area (Å²) in [6.07, 6.45) is 25.6. The monoisotopic (exact) mass is 821 g/mol. The van der Waals surface area contributed by atoms with Gasteiger partial charge in [-0.1, -0.05) is 154 Å². The molecule has 0 aliphatic carbocycles. The molecule has 0 aromatic heterocycles. The number of aliphatic hydroxyl groups excluding tert-OH is 3. The third kappa shape index (κ3) is 28.7. The Balaban J connectivity index is 2.40.